The van der Waals surface area contributed by atoms with Gasteiger partial charge in [0.2, 0.25) is 0 Å². The Morgan fingerprint density at radius 1 is 1.36 bits per heavy atom. The largest absolute Gasteiger partial charge is 0.362 e. The van der Waals surface area contributed by atoms with Crippen LogP contribution in [0.2, 0.25) is 0 Å². The second kappa shape index (κ2) is 3.14. The van der Waals surface area contributed by atoms with Gasteiger partial charge in [0.15, 0.2) is 5.43 Å². The Hall–Kier alpha value is -1.84. The van der Waals surface area contributed by atoms with Crippen molar-refractivity contribution in [3.63, 3.8) is 0 Å². The molecule has 0 aromatic carbocycles. The molecular weight excluding hydrogens is 178 g/mol. The van der Waals surface area contributed by atoms with E-state index in [1.165, 1.54) is 6.07 Å². The summed E-state index contributed by atoms with van der Waals surface area (Å²) in [7, 11) is 3.74. The van der Waals surface area contributed by atoms with Crippen LogP contribution in [-0.2, 0) is 0 Å². The summed E-state index contributed by atoms with van der Waals surface area (Å²) in [5, 5.41) is 0.639. The lowest BCUT2D eigenvalue weighted by Crippen LogP contribution is -2.14. The van der Waals surface area contributed by atoms with Crippen LogP contribution in [0, 0.1) is 0 Å². The highest BCUT2D eigenvalue weighted by Crippen LogP contribution is 2.16. The number of aromatic nitrogens is 2. The van der Waals surface area contributed by atoms with Crippen LogP contribution in [0.15, 0.2) is 29.3 Å². The summed E-state index contributed by atoms with van der Waals surface area (Å²) >= 11 is 0. The van der Waals surface area contributed by atoms with Gasteiger partial charge in [-0.1, -0.05) is 0 Å². The van der Waals surface area contributed by atoms with Crippen LogP contribution in [0.3, 0.4) is 0 Å². The number of nitrogens with one attached hydrogen (secondary N) is 1. The second-order valence-corrected chi connectivity index (χ2v) is 3.29. The quantitative estimate of drug-likeness (QED) is 0.727. The molecule has 72 valence electrons. The molecule has 2 aromatic rings. The Labute approximate surface area is 81.2 Å². The van der Waals surface area contributed by atoms with Gasteiger partial charge < -0.3 is 9.88 Å². The molecule has 0 spiro atoms. The van der Waals surface area contributed by atoms with E-state index in [0.29, 0.717) is 11.2 Å². The molecule has 0 saturated carbocycles. The van der Waals surface area contributed by atoms with Gasteiger partial charge in [-0.3, -0.25) is 4.79 Å². The maximum absolute atomic E-state index is 11.6. The highest BCUT2D eigenvalue weighted by Gasteiger charge is 2.06. The van der Waals surface area contributed by atoms with Crippen LogP contribution >= 0.6 is 0 Å². The number of hydrogen-bond acceptors (Lipinski definition) is 3. The number of pyridine rings is 2. The van der Waals surface area contributed by atoms with E-state index in [2.05, 4.69) is 9.97 Å². The summed E-state index contributed by atoms with van der Waals surface area (Å²) in [6.07, 6.45) is 3.33. The third-order valence-electron chi connectivity index (χ3n) is 2.07. The van der Waals surface area contributed by atoms with Gasteiger partial charge in [-0.2, -0.15) is 0 Å². The molecule has 0 atom stereocenters. The molecule has 2 aromatic heterocycles. The van der Waals surface area contributed by atoms with Crippen molar-refractivity contribution in [1.82, 2.24) is 9.97 Å². The minimum Gasteiger partial charge on any atom is -0.362 e. The average Bonchev–Trinajstić information content (AvgIpc) is 2.17. The van der Waals surface area contributed by atoms with Crippen LogP contribution in [0.4, 0.5) is 5.82 Å². The second-order valence-electron chi connectivity index (χ2n) is 3.29. The Bertz CT molecular complexity index is 511. The zero-order valence-electron chi connectivity index (χ0n) is 8.11. The van der Waals surface area contributed by atoms with Crippen LogP contribution < -0.4 is 10.3 Å². The monoisotopic (exact) mass is 189 g/mol. The molecule has 14 heavy (non-hydrogen) atoms. The molecular formula is C10H11N3O. The first-order valence-corrected chi connectivity index (χ1v) is 4.34. The van der Waals surface area contributed by atoms with E-state index < -0.39 is 0 Å². The van der Waals surface area contributed by atoms with Gasteiger partial charge in [0.25, 0.3) is 0 Å². The van der Waals surface area contributed by atoms with Crippen LogP contribution in [-0.4, -0.2) is 24.1 Å². The maximum Gasteiger partial charge on any atom is 0.193 e. The van der Waals surface area contributed by atoms with Crippen molar-refractivity contribution in [3.05, 3.63) is 34.7 Å². The van der Waals surface area contributed by atoms with Crippen LogP contribution in [0.25, 0.3) is 10.9 Å². The molecule has 2 heterocycles. The van der Waals surface area contributed by atoms with E-state index in [-0.39, 0.29) is 5.43 Å². The molecule has 2 rings (SSSR count). The van der Waals surface area contributed by atoms with E-state index in [1.807, 2.05) is 19.0 Å². The summed E-state index contributed by atoms with van der Waals surface area (Å²) in [5.74, 6) is 0.698. The normalized spacial score (nSPS) is 10.4. The summed E-state index contributed by atoms with van der Waals surface area (Å²) in [4.78, 5) is 20.6. The molecule has 0 aliphatic rings. The van der Waals surface area contributed by atoms with Gasteiger partial charge in [-0.05, 0) is 6.07 Å². The number of rotatable bonds is 1. The number of nitrogens with zero attached hydrogens (tertiary/aromatic N) is 2. The van der Waals surface area contributed by atoms with Gasteiger partial charge in [-0.15, -0.1) is 0 Å². The lowest BCUT2D eigenvalue weighted by Gasteiger charge is -2.12. The van der Waals surface area contributed by atoms with Crippen molar-refractivity contribution in [2.45, 2.75) is 0 Å². The Morgan fingerprint density at radius 2 is 2.14 bits per heavy atom. The van der Waals surface area contributed by atoms with Gasteiger partial charge in [0.05, 0.1) is 10.9 Å². The van der Waals surface area contributed by atoms with E-state index in [1.54, 1.807) is 18.5 Å². The number of H-pyrrole nitrogens is 1. The predicted molar refractivity (Wildman–Crippen MR) is 56.7 cm³/mol. The van der Waals surface area contributed by atoms with Crippen molar-refractivity contribution in [2.24, 2.45) is 0 Å². The molecule has 0 radical (unpaired) electrons. The SMILES string of the molecule is CN(C)c1nccc2[nH]ccc(=O)c12. The van der Waals surface area contributed by atoms with E-state index in [0.717, 1.165) is 5.52 Å². The molecule has 1 N–H and O–H groups in total. The average molecular weight is 189 g/mol. The van der Waals surface area contributed by atoms with E-state index >= 15 is 0 Å². The number of anilines is 1. The Balaban J connectivity index is 2.91. The topological polar surface area (TPSA) is 49.0 Å². The van der Waals surface area contributed by atoms with Crippen molar-refractivity contribution >= 4 is 16.7 Å². The third kappa shape index (κ3) is 1.25. The molecule has 0 unspecified atom stereocenters. The fourth-order valence-corrected chi connectivity index (χ4v) is 1.44. The van der Waals surface area contributed by atoms with Crippen molar-refractivity contribution < 1.29 is 0 Å². The van der Waals surface area contributed by atoms with Gasteiger partial charge in [0, 0.05) is 32.6 Å². The number of hydrogen-bond donors (Lipinski definition) is 1. The van der Waals surface area contributed by atoms with Crippen molar-refractivity contribution in [1.29, 1.82) is 0 Å². The van der Waals surface area contributed by atoms with Gasteiger partial charge in [0.1, 0.15) is 5.82 Å². The fourth-order valence-electron chi connectivity index (χ4n) is 1.44. The molecule has 4 heteroatoms. The third-order valence-corrected chi connectivity index (χ3v) is 2.07. The maximum atomic E-state index is 11.6. The first kappa shape index (κ1) is 8.74. The van der Waals surface area contributed by atoms with Crippen LogP contribution in [0.5, 0.6) is 0 Å². The zero-order valence-corrected chi connectivity index (χ0v) is 8.11. The molecule has 0 aliphatic carbocycles. The highest BCUT2D eigenvalue weighted by atomic mass is 16.1. The van der Waals surface area contributed by atoms with Gasteiger partial charge in [-0.25, -0.2) is 4.98 Å². The molecule has 0 aliphatic heterocycles. The minimum absolute atomic E-state index is 0.00412. The molecule has 0 bridgehead atoms. The molecule has 0 fully saturated rings. The van der Waals surface area contributed by atoms with Crippen LogP contribution in [0.1, 0.15) is 0 Å². The summed E-state index contributed by atoms with van der Waals surface area (Å²) in [6.45, 7) is 0. The lowest BCUT2D eigenvalue weighted by molar-refractivity contribution is 1.08. The Kier molecular flexibility index (Phi) is 1.96. The number of fused-ring (bicyclic) bond motifs is 1. The predicted octanol–water partition coefficient (Wildman–Crippen LogP) is 0.989. The van der Waals surface area contributed by atoms with E-state index in [4.69, 9.17) is 0 Å². The lowest BCUT2D eigenvalue weighted by atomic mass is 10.2. The number of aromatic amines is 1. The van der Waals surface area contributed by atoms with E-state index in [9.17, 15) is 4.79 Å². The standard InChI is InChI=1S/C10H11N3O/c1-13(2)10-9-7(3-5-12-10)11-6-4-8(9)14/h3-6H,1-2H3,(H,11,14). The highest BCUT2D eigenvalue weighted by molar-refractivity contribution is 5.88. The minimum atomic E-state index is -0.00412. The zero-order chi connectivity index (χ0) is 10.1. The van der Waals surface area contributed by atoms with Crippen molar-refractivity contribution in [2.75, 3.05) is 19.0 Å². The molecule has 0 saturated heterocycles. The fraction of sp³-hybridized carbons (Fsp3) is 0.200. The van der Waals surface area contributed by atoms with Crippen molar-refractivity contribution in [3.8, 4) is 0 Å². The summed E-state index contributed by atoms with van der Waals surface area (Å²) < 4.78 is 0. The molecule has 0 amide bonds. The summed E-state index contributed by atoms with van der Waals surface area (Å²) in [6, 6.07) is 3.31. The summed E-state index contributed by atoms with van der Waals surface area (Å²) in [5.41, 5.74) is 0.812. The smallest absolute Gasteiger partial charge is 0.193 e. The Morgan fingerprint density at radius 3 is 2.86 bits per heavy atom. The molecule has 4 nitrogen and oxygen atoms in total. The first-order valence-electron chi connectivity index (χ1n) is 4.34. The first-order chi connectivity index (χ1) is 6.70. The van der Waals surface area contributed by atoms with Gasteiger partial charge >= 0.3 is 0 Å².